The third-order valence-electron chi connectivity index (χ3n) is 4.03. The van der Waals surface area contributed by atoms with Crippen LogP contribution in [0.2, 0.25) is 0 Å². The summed E-state index contributed by atoms with van der Waals surface area (Å²) in [5.41, 5.74) is 0.641. The van der Waals surface area contributed by atoms with Crippen molar-refractivity contribution in [3.63, 3.8) is 0 Å². The number of ether oxygens (including phenoxy) is 1. The molecule has 0 radical (unpaired) electrons. The molecule has 1 unspecified atom stereocenters. The number of nitrogens with one attached hydrogen (secondary N) is 2. The Hall–Kier alpha value is -0.120. The van der Waals surface area contributed by atoms with E-state index in [4.69, 9.17) is 4.74 Å². The van der Waals surface area contributed by atoms with E-state index in [0.717, 1.165) is 25.2 Å². The van der Waals surface area contributed by atoms with E-state index in [-0.39, 0.29) is 0 Å². The molecule has 1 spiro atoms. The van der Waals surface area contributed by atoms with Gasteiger partial charge in [0.05, 0.1) is 0 Å². The molecule has 3 rings (SSSR count). The molecule has 3 heteroatoms. The fourth-order valence-electron chi connectivity index (χ4n) is 3.02. The molecule has 0 aromatic heterocycles. The highest BCUT2D eigenvalue weighted by molar-refractivity contribution is 5.11. The van der Waals surface area contributed by atoms with Gasteiger partial charge in [0.15, 0.2) is 0 Å². The zero-order chi connectivity index (χ0) is 8.73. The van der Waals surface area contributed by atoms with Gasteiger partial charge in [0.25, 0.3) is 0 Å². The van der Waals surface area contributed by atoms with E-state index in [0.29, 0.717) is 5.41 Å². The molecule has 3 nitrogen and oxygen atoms in total. The van der Waals surface area contributed by atoms with Crippen molar-refractivity contribution in [1.82, 2.24) is 10.6 Å². The molecule has 2 N–H and O–H groups in total. The maximum absolute atomic E-state index is 5.39. The molecule has 0 aromatic rings. The van der Waals surface area contributed by atoms with Crippen molar-refractivity contribution in [2.75, 3.05) is 32.8 Å². The average Bonchev–Trinajstić information content (AvgIpc) is 2.01. The van der Waals surface area contributed by atoms with Crippen LogP contribution in [0, 0.1) is 11.3 Å². The fourth-order valence-corrected chi connectivity index (χ4v) is 3.02. The van der Waals surface area contributed by atoms with Crippen molar-refractivity contribution in [3.8, 4) is 0 Å². The third-order valence-corrected chi connectivity index (χ3v) is 4.03. The summed E-state index contributed by atoms with van der Waals surface area (Å²) in [4.78, 5) is 0. The molecule has 3 heterocycles. The molecule has 0 saturated carbocycles. The Morgan fingerprint density at radius 2 is 1.85 bits per heavy atom. The molecule has 3 aliphatic rings. The number of rotatable bonds is 1. The van der Waals surface area contributed by atoms with Crippen molar-refractivity contribution in [2.24, 2.45) is 11.3 Å². The van der Waals surface area contributed by atoms with E-state index >= 15 is 0 Å². The first kappa shape index (κ1) is 8.21. The highest BCUT2D eigenvalue weighted by Crippen LogP contribution is 2.40. The summed E-state index contributed by atoms with van der Waals surface area (Å²) in [6.07, 6.45) is 2.53. The molecule has 3 aliphatic heterocycles. The number of hydrogen-bond acceptors (Lipinski definition) is 3. The molecule has 0 amide bonds. The summed E-state index contributed by atoms with van der Waals surface area (Å²) in [5, 5.41) is 7.01. The predicted molar refractivity (Wildman–Crippen MR) is 50.6 cm³/mol. The third kappa shape index (κ3) is 1.14. The van der Waals surface area contributed by atoms with Gasteiger partial charge in [0.2, 0.25) is 0 Å². The van der Waals surface area contributed by atoms with E-state index < -0.39 is 0 Å². The Morgan fingerprint density at radius 3 is 2.31 bits per heavy atom. The van der Waals surface area contributed by atoms with Gasteiger partial charge in [0.1, 0.15) is 0 Å². The van der Waals surface area contributed by atoms with Crippen LogP contribution >= 0.6 is 0 Å². The second-order valence-electron chi connectivity index (χ2n) is 4.77. The van der Waals surface area contributed by atoms with E-state index in [9.17, 15) is 0 Å². The largest absolute Gasteiger partial charge is 0.381 e. The van der Waals surface area contributed by atoms with Crippen LogP contribution in [0.3, 0.4) is 0 Å². The predicted octanol–water partition coefficient (Wildman–Crippen LogP) is -0.0256. The second kappa shape index (κ2) is 2.94. The highest BCUT2D eigenvalue weighted by atomic mass is 16.5. The van der Waals surface area contributed by atoms with Crippen LogP contribution in [0.5, 0.6) is 0 Å². The summed E-state index contributed by atoms with van der Waals surface area (Å²) in [7, 11) is 0. The normalized spacial score (nSPS) is 38.3. The van der Waals surface area contributed by atoms with E-state index in [1.807, 2.05) is 0 Å². The summed E-state index contributed by atoms with van der Waals surface area (Å²) in [6, 6.07) is 0.789. The Morgan fingerprint density at radius 1 is 1.08 bits per heavy atom. The minimum absolute atomic E-state index is 0.641. The maximum Gasteiger partial charge on any atom is 0.0469 e. The minimum Gasteiger partial charge on any atom is -0.381 e. The smallest absolute Gasteiger partial charge is 0.0469 e. The van der Waals surface area contributed by atoms with Crippen molar-refractivity contribution in [1.29, 1.82) is 0 Å². The van der Waals surface area contributed by atoms with Crippen molar-refractivity contribution in [2.45, 2.75) is 18.9 Å². The summed E-state index contributed by atoms with van der Waals surface area (Å²) in [5.74, 6) is 0.879. The first-order valence-electron chi connectivity index (χ1n) is 5.43. The molecule has 3 saturated heterocycles. The van der Waals surface area contributed by atoms with Gasteiger partial charge in [-0.05, 0) is 18.8 Å². The Bertz CT molecular complexity index is 192. The van der Waals surface area contributed by atoms with Gasteiger partial charge in [-0.1, -0.05) is 0 Å². The number of hydrogen-bond donors (Lipinski definition) is 2. The van der Waals surface area contributed by atoms with Crippen LogP contribution in [-0.2, 0) is 4.74 Å². The van der Waals surface area contributed by atoms with Gasteiger partial charge in [0, 0.05) is 44.3 Å². The molecular weight excluding hydrogens is 164 g/mol. The Balaban J connectivity index is 1.64. The van der Waals surface area contributed by atoms with E-state index in [1.54, 1.807) is 0 Å². The fraction of sp³-hybridized carbons (Fsp3) is 1.00. The quantitative estimate of drug-likeness (QED) is 0.597. The lowest BCUT2D eigenvalue weighted by atomic mass is 9.63. The monoisotopic (exact) mass is 182 g/mol. The van der Waals surface area contributed by atoms with Crippen molar-refractivity contribution < 1.29 is 4.74 Å². The van der Waals surface area contributed by atoms with Gasteiger partial charge in [-0.2, -0.15) is 0 Å². The van der Waals surface area contributed by atoms with E-state index in [1.165, 1.54) is 32.5 Å². The zero-order valence-electron chi connectivity index (χ0n) is 8.01. The van der Waals surface area contributed by atoms with Crippen LogP contribution in [0.1, 0.15) is 12.8 Å². The molecule has 0 bridgehead atoms. The summed E-state index contributed by atoms with van der Waals surface area (Å²) >= 11 is 0. The lowest BCUT2D eigenvalue weighted by molar-refractivity contribution is -0.0455. The van der Waals surface area contributed by atoms with Crippen molar-refractivity contribution >= 4 is 0 Å². The Labute approximate surface area is 79.2 Å². The first-order chi connectivity index (χ1) is 6.41. The van der Waals surface area contributed by atoms with Crippen molar-refractivity contribution in [3.05, 3.63) is 0 Å². The van der Waals surface area contributed by atoms with Gasteiger partial charge in [-0.15, -0.1) is 0 Å². The molecule has 0 aliphatic carbocycles. The van der Waals surface area contributed by atoms with Gasteiger partial charge in [-0.3, -0.25) is 0 Å². The summed E-state index contributed by atoms with van der Waals surface area (Å²) in [6.45, 7) is 5.67. The molecule has 3 fully saturated rings. The van der Waals surface area contributed by atoms with E-state index in [2.05, 4.69) is 10.6 Å². The lowest BCUT2D eigenvalue weighted by Crippen LogP contribution is -2.77. The van der Waals surface area contributed by atoms with Crippen LogP contribution in [0.4, 0.5) is 0 Å². The van der Waals surface area contributed by atoms with Crippen LogP contribution in [0.25, 0.3) is 0 Å². The molecule has 0 aromatic carbocycles. The molecule has 13 heavy (non-hydrogen) atoms. The second-order valence-corrected chi connectivity index (χ2v) is 4.77. The zero-order valence-corrected chi connectivity index (χ0v) is 8.01. The minimum atomic E-state index is 0.641. The maximum atomic E-state index is 5.39. The SMILES string of the molecule is C1CC(C2NCC23CNC3)CCO1. The Kier molecular flexibility index (Phi) is 1.86. The topological polar surface area (TPSA) is 33.3 Å². The van der Waals surface area contributed by atoms with Gasteiger partial charge >= 0.3 is 0 Å². The van der Waals surface area contributed by atoms with Crippen LogP contribution in [-0.4, -0.2) is 38.9 Å². The standard InChI is InChI=1S/C10H18N2O/c1-3-13-4-2-8(1)9-10(7-12-9)5-11-6-10/h8-9,11-12H,1-7H2. The average molecular weight is 182 g/mol. The molecular formula is C10H18N2O. The molecule has 74 valence electrons. The highest BCUT2D eigenvalue weighted by Gasteiger charge is 2.53. The van der Waals surface area contributed by atoms with Crippen LogP contribution < -0.4 is 10.6 Å². The first-order valence-corrected chi connectivity index (χ1v) is 5.43. The lowest BCUT2D eigenvalue weighted by Gasteiger charge is -2.59. The van der Waals surface area contributed by atoms with Crippen LogP contribution in [0.15, 0.2) is 0 Å². The van der Waals surface area contributed by atoms with Gasteiger partial charge < -0.3 is 15.4 Å². The van der Waals surface area contributed by atoms with Gasteiger partial charge in [-0.25, -0.2) is 0 Å². The summed E-state index contributed by atoms with van der Waals surface area (Å²) < 4.78 is 5.39. The molecule has 1 atom stereocenters.